The zero-order valence-electron chi connectivity index (χ0n) is 12.5. The van der Waals surface area contributed by atoms with Crippen LogP contribution in [0, 0.1) is 6.92 Å². The molecule has 2 rings (SSSR count). The molecule has 0 atom stereocenters. The number of aryl methyl sites for hydroxylation is 1. The predicted molar refractivity (Wildman–Crippen MR) is 86.0 cm³/mol. The van der Waals surface area contributed by atoms with Crippen LogP contribution >= 0.6 is 0 Å². The summed E-state index contributed by atoms with van der Waals surface area (Å²) in [7, 11) is 0. The molecule has 4 nitrogen and oxygen atoms in total. The van der Waals surface area contributed by atoms with Crippen LogP contribution in [0.3, 0.4) is 0 Å². The van der Waals surface area contributed by atoms with E-state index in [1.54, 1.807) is 6.07 Å². The van der Waals surface area contributed by atoms with Crippen LogP contribution in [0.15, 0.2) is 48.5 Å². The number of rotatable bonds is 4. The van der Waals surface area contributed by atoms with Gasteiger partial charge in [-0.2, -0.15) is 0 Å². The van der Waals surface area contributed by atoms with Crippen LogP contribution in [0.5, 0.6) is 5.75 Å². The number of carbonyl (C=O) groups is 1. The van der Waals surface area contributed by atoms with Crippen molar-refractivity contribution in [3.63, 3.8) is 0 Å². The topological polar surface area (TPSA) is 50.4 Å². The smallest absolute Gasteiger partial charge is 0.323 e. The van der Waals surface area contributed by atoms with Gasteiger partial charge in [-0.15, -0.1) is 0 Å². The Bertz CT molecular complexity index is 624. The summed E-state index contributed by atoms with van der Waals surface area (Å²) in [4.78, 5) is 12.0. The van der Waals surface area contributed by atoms with Gasteiger partial charge in [0, 0.05) is 17.4 Å². The third-order valence-electron chi connectivity index (χ3n) is 2.74. The molecule has 0 aliphatic carbocycles. The van der Waals surface area contributed by atoms with Gasteiger partial charge < -0.3 is 15.4 Å². The second kappa shape index (κ2) is 6.79. The summed E-state index contributed by atoms with van der Waals surface area (Å²) in [5.74, 6) is 0.735. The molecule has 0 aliphatic heterocycles. The molecule has 0 radical (unpaired) electrons. The molecule has 0 heterocycles. The van der Waals surface area contributed by atoms with Crippen LogP contribution < -0.4 is 15.4 Å². The summed E-state index contributed by atoms with van der Waals surface area (Å²) in [5, 5.41) is 5.59. The first-order valence-corrected chi connectivity index (χ1v) is 6.94. The minimum atomic E-state index is -0.276. The Morgan fingerprint density at radius 1 is 1.00 bits per heavy atom. The van der Waals surface area contributed by atoms with Gasteiger partial charge in [0.25, 0.3) is 0 Å². The molecule has 0 aromatic heterocycles. The maximum Gasteiger partial charge on any atom is 0.323 e. The summed E-state index contributed by atoms with van der Waals surface area (Å²) < 4.78 is 5.60. The lowest BCUT2D eigenvalue weighted by atomic mass is 10.2. The fraction of sp³-hybridized carbons (Fsp3) is 0.235. The fourth-order valence-electron chi connectivity index (χ4n) is 1.94. The number of urea groups is 1. The van der Waals surface area contributed by atoms with Crippen LogP contribution in [0.25, 0.3) is 0 Å². The lowest BCUT2D eigenvalue weighted by Gasteiger charge is -2.12. The molecular weight excluding hydrogens is 264 g/mol. The minimum absolute atomic E-state index is 0.0985. The van der Waals surface area contributed by atoms with Gasteiger partial charge in [0.05, 0.1) is 6.10 Å². The van der Waals surface area contributed by atoms with Crippen molar-refractivity contribution in [2.75, 3.05) is 10.6 Å². The van der Waals surface area contributed by atoms with Crippen molar-refractivity contribution in [2.24, 2.45) is 0 Å². The quantitative estimate of drug-likeness (QED) is 0.872. The molecule has 21 heavy (non-hydrogen) atoms. The highest BCUT2D eigenvalue weighted by Crippen LogP contribution is 2.19. The van der Waals surface area contributed by atoms with E-state index in [1.807, 2.05) is 63.2 Å². The summed E-state index contributed by atoms with van der Waals surface area (Å²) in [5.41, 5.74) is 2.56. The third kappa shape index (κ3) is 4.84. The number of carbonyl (C=O) groups excluding carboxylic acids is 1. The largest absolute Gasteiger partial charge is 0.491 e. The Balaban J connectivity index is 1.99. The molecule has 110 valence electrons. The lowest BCUT2D eigenvalue weighted by Crippen LogP contribution is -2.19. The second-order valence-corrected chi connectivity index (χ2v) is 5.14. The van der Waals surface area contributed by atoms with E-state index < -0.39 is 0 Å². The number of anilines is 2. The van der Waals surface area contributed by atoms with Crippen molar-refractivity contribution >= 4 is 17.4 Å². The SMILES string of the molecule is Cc1cccc(NC(=O)Nc2cccc(OC(C)C)c2)c1. The van der Waals surface area contributed by atoms with Crippen molar-refractivity contribution in [3.8, 4) is 5.75 Å². The van der Waals surface area contributed by atoms with Crippen molar-refractivity contribution in [2.45, 2.75) is 26.9 Å². The van der Waals surface area contributed by atoms with E-state index in [1.165, 1.54) is 0 Å². The average molecular weight is 284 g/mol. The number of nitrogens with one attached hydrogen (secondary N) is 2. The molecule has 2 amide bonds. The van der Waals surface area contributed by atoms with E-state index >= 15 is 0 Å². The highest BCUT2D eigenvalue weighted by Gasteiger charge is 2.04. The highest BCUT2D eigenvalue weighted by atomic mass is 16.5. The molecule has 2 N–H and O–H groups in total. The first-order valence-electron chi connectivity index (χ1n) is 6.94. The first kappa shape index (κ1) is 14.9. The van der Waals surface area contributed by atoms with Gasteiger partial charge in [-0.25, -0.2) is 4.79 Å². The normalized spacial score (nSPS) is 10.3. The van der Waals surface area contributed by atoms with Gasteiger partial charge in [0.2, 0.25) is 0 Å². The van der Waals surface area contributed by atoms with E-state index in [9.17, 15) is 4.79 Å². The molecular formula is C17H20N2O2. The maximum atomic E-state index is 12.0. The average Bonchev–Trinajstić information content (AvgIpc) is 2.37. The molecule has 4 heteroatoms. The number of hydrogen-bond acceptors (Lipinski definition) is 2. The van der Waals surface area contributed by atoms with Gasteiger partial charge >= 0.3 is 6.03 Å². The van der Waals surface area contributed by atoms with Gasteiger partial charge in [-0.05, 0) is 50.6 Å². The van der Waals surface area contributed by atoms with Crippen molar-refractivity contribution in [1.29, 1.82) is 0 Å². The van der Waals surface area contributed by atoms with Crippen molar-refractivity contribution < 1.29 is 9.53 Å². The van der Waals surface area contributed by atoms with Gasteiger partial charge in [0.15, 0.2) is 0 Å². The van der Waals surface area contributed by atoms with Crippen LogP contribution in [-0.2, 0) is 0 Å². The van der Waals surface area contributed by atoms with Crippen molar-refractivity contribution in [3.05, 3.63) is 54.1 Å². The number of benzene rings is 2. The predicted octanol–water partition coefficient (Wildman–Crippen LogP) is 4.43. The lowest BCUT2D eigenvalue weighted by molar-refractivity contribution is 0.242. The molecule has 2 aromatic rings. The Kier molecular flexibility index (Phi) is 4.82. The zero-order chi connectivity index (χ0) is 15.2. The van der Waals surface area contributed by atoms with E-state index in [0.717, 1.165) is 17.0 Å². The zero-order valence-corrected chi connectivity index (χ0v) is 12.5. The Hall–Kier alpha value is -2.49. The Labute approximate surface area is 125 Å². The molecule has 0 aliphatic rings. The second-order valence-electron chi connectivity index (χ2n) is 5.14. The minimum Gasteiger partial charge on any atom is -0.491 e. The molecule has 0 saturated heterocycles. The summed E-state index contributed by atoms with van der Waals surface area (Å²) in [6, 6.07) is 14.7. The summed E-state index contributed by atoms with van der Waals surface area (Å²) >= 11 is 0. The fourth-order valence-corrected chi connectivity index (χ4v) is 1.94. The van der Waals surface area contributed by atoms with Crippen LogP contribution in [0.2, 0.25) is 0 Å². The molecule has 2 aromatic carbocycles. The van der Waals surface area contributed by atoms with Crippen molar-refractivity contribution in [1.82, 2.24) is 0 Å². The third-order valence-corrected chi connectivity index (χ3v) is 2.74. The molecule has 0 bridgehead atoms. The van der Waals surface area contributed by atoms with E-state index in [4.69, 9.17) is 4.74 Å². The molecule has 0 spiro atoms. The Morgan fingerprint density at radius 2 is 1.62 bits per heavy atom. The van der Waals surface area contributed by atoms with E-state index in [-0.39, 0.29) is 12.1 Å². The number of ether oxygens (including phenoxy) is 1. The van der Waals surface area contributed by atoms with Crippen LogP contribution in [0.1, 0.15) is 19.4 Å². The highest BCUT2D eigenvalue weighted by molar-refractivity contribution is 5.99. The first-order chi connectivity index (χ1) is 10.0. The molecule has 0 fully saturated rings. The van der Waals surface area contributed by atoms with Crippen LogP contribution in [0.4, 0.5) is 16.2 Å². The van der Waals surface area contributed by atoms with Gasteiger partial charge in [-0.1, -0.05) is 18.2 Å². The summed E-state index contributed by atoms with van der Waals surface area (Å²) in [6.45, 7) is 5.91. The Morgan fingerprint density at radius 3 is 2.24 bits per heavy atom. The molecule has 0 saturated carbocycles. The standard InChI is InChI=1S/C17H20N2O2/c1-12(2)21-16-9-5-8-15(11-16)19-17(20)18-14-7-4-6-13(3)10-14/h4-12H,1-3H3,(H2,18,19,20). The summed E-state index contributed by atoms with van der Waals surface area (Å²) in [6.07, 6.45) is 0.0985. The van der Waals surface area contributed by atoms with E-state index in [2.05, 4.69) is 10.6 Å². The van der Waals surface area contributed by atoms with Crippen LogP contribution in [-0.4, -0.2) is 12.1 Å². The molecule has 0 unspecified atom stereocenters. The number of amides is 2. The maximum absolute atomic E-state index is 12.0. The van der Waals surface area contributed by atoms with E-state index in [0.29, 0.717) is 5.69 Å². The van der Waals surface area contributed by atoms with Gasteiger partial charge in [0.1, 0.15) is 5.75 Å². The van der Waals surface area contributed by atoms with Gasteiger partial charge in [-0.3, -0.25) is 0 Å². The number of hydrogen-bond donors (Lipinski definition) is 2. The monoisotopic (exact) mass is 284 g/mol.